The fraction of sp³-hybridized carbons (Fsp3) is 0.882. The summed E-state index contributed by atoms with van der Waals surface area (Å²) in [5.41, 5.74) is 0.248. The first-order valence-electron chi connectivity index (χ1n) is 8.29. The smallest absolute Gasteiger partial charge is 0.303 e. The van der Waals surface area contributed by atoms with Gasteiger partial charge in [-0.15, -0.1) is 0 Å². The Hall–Kier alpha value is -1.06. The summed E-state index contributed by atoms with van der Waals surface area (Å²) < 4.78 is 0. The largest absolute Gasteiger partial charge is 0.481 e. The van der Waals surface area contributed by atoms with Crippen molar-refractivity contribution in [3.63, 3.8) is 0 Å². The van der Waals surface area contributed by atoms with Gasteiger partial charge < -0.3 is 10.0 Å². The normalized spacial score (nSPS) is 40.3. The second kappa shape index (κ2) is 4.99. The van der Waals surface area contributed by atoms with Crippen molar-refractivity contribution < 1.29 is 14.7 Å². The van der Waals surface area contributed by atoms with Crippen molar-refractivity contribution in [2.24, 2.45) is 22.7 Å². The first kappa shape index (κ1) is 14.9. The fourth-order valence-electron chi connectivity index (χ4n) is 5.94. The highest BCUT2D eigenvalue weighted by Crippen LogP contribution is 2.65. The molecule has 0 saturated heterocycles. The van der Waals surface area contributed by atoms with Gasteiger partial charge in [0.2, 0.25) is 5.91 Å². The van der Waals surface area contributed by atoms with Gasteiger partial charge in [0, 0.05) is 20.0 Å². The van der Waals surface area contributed by atoms with Crippen LogP contribution in [0.25, 0.3) is 0 Å². The predicted molar refractivity (Wildman–Crippen MR) is 79.7 cm³/mol. The van der Waals surface area contributed by atoms with E-state index in [2.05, 4.69) is 6.92 Å². The zero-order chi connectivity index (χ0) is 15.3. The molecule has 4 fully saturated rings. The summed E-state index contributed by atoms with van der Waals surface area (Å²) in [6.45, 7) is 2.94. The predicted octanol–water partition coefficient (Wildman–Crippen LogP) is 2.92. The minimum absolute atomic E-state index is 0.128. The summed E-state index contributed by atoms with van der Waals surface area (Å²) in [6, 6.07) is 0. The van der Waals surface area contributed by atoms with Crippen molar-refractivity contribution in [2.75, 3.05) is 13.6 Å². The standard InChI is InChI=1S/C17H27NO3/c1-16-7-12-6-13(8-16)10-17(9-12,11-16)15(21)18(2)5-3-4-14(19)20/h12-13H,3-11H2,1-2H3,(H,19,20). The molecule has 4 rings (SSSR count). The van der Waals surface area contributed by atoms with E-state index in [1.165, 1.54) is 19.3 Å². The number of carbonyl (C=O) groups excluding carboxylic acids is 1. The zero-order valence-electron chi connectivity index (χ0n) is 13.2. The third-order valence-corrected chi connectivity index (χ3v) is 6.04. The lowest BCUT2D eigenvalue weighted by Crippen LogP contribution is -2.57. The van der Waals surface area contributed by atoms with Crippen molar-refractivity contribution in [3.05, 3.63) is 0 Å². The molecule has 4 bridgehead atoms. The highest BCUT2D eigenvalue weighted by atomic mass is 16.4. The van der Waals surface area contributed by atoms with Crippen molar-refractivity contribution in [1.82, 2.24) is 4.90 Å². The number of carboxylic acids is 1. The number of hydrogen-bond donors (Lipinski definition) is 1. The van der Waals surface area contributed by atoms with Gasteiger partial charge in [-0.3, -0.25) is 9.59 Å². The van der Waals surface area contributed by atoms with Crippen LogP contribution in [-0.4, -0.2) is 35.5 Å². The molecule has 0 aliphatic heterocycles. The van der Waals surface area contributed by atoms with E-state index in [9.17, 15) is 9.59 Å². The SMILES string of the molecule is CN(CCCC(=O)O)C(=O)C12CC3CC(CC(C)(C3)C1)C2. The molecule has 118 valence electrons. The lowest BCUT2D eigenvalue weighted by atomic mass is 9.44. The summed E-state index contributed by atoms with van der Waals surface area (Å²) in [6.07, 6.45) is 7.83. The van der Waals surface area contributed by atoms with E-state index in [0.717, 1.165) is 31.1 Å². The van der Waals surface area contributed by atoms with Crippen LogP contribution in [0, 0.1) is 22.7 Å². The van der Waals surface area contributed by atoms with Crippen LogP contribution in [-0.2, 0) is 9.59 Å². The van der Waals surface area contributed by atoms with Crippen LogP contribution in [0.2, 0.25) is 0 Å². The minimum Gasteiger partial charge on any atom is -0.481 e. The van der Waals surface area contributed by atoms with E-state index < -0.39 is 5.97 Å². The van der Waals surface area contributed by atoms with Gasteiger partial charge >= 0.3 is 5.97 Å². The lowest BCUT2D eigenvalue weighted by molar-refractivity contribution is -0.165. The maximum Gasteiger partial charge on any atom is 0.303 e. The lowest BCUT2D eigenvalue weighted by Gasteiger charge is -2.61. The highest BCUT2D eigenvalue weighted by Gasteiger charge is 2.59. The Morgan fingerprint density at radius 2 is 1.81 bits per heavy atom. The average molecular weight is 293 g/mol. The minimum atomic E-state index is -0.779. The van der Waals surface area contributed by atoms with Crippen LogP contribution in [0.3, 0.4) is 0 Å². The van der Waals surface area contributed by atoms with E-state index in [0.29, 0.717) is 18.4 Å². The number of carbonyl (C=O) groups is 2. The molecular formula is C17H27NO3. The molecule has 2 atom stereocenters. The van der Waals surface area contributed by atoms with Gasteiger partial charge in [-0.1, -0.05) is 6.92 Å². The van der Waals surface area contributed by atoms with E-state index in [4.69, 9.17) is 5.11 Å². The summed E-state index contributed by atoms with van der Waals surface area (Å²) in [7, 11) is 1.85. The van der Waals surface area contributed by atoms with Crippen LogP contribution in [0.4, 0.5) is 0 Å². The third-order valence-electron chi connectivity index (χ3n) is 6.04. The number of hydrogen-bond acceptors (Lipinski definition) is 2. The van der Waals surface area contributed by atoms with Gasteiger partial charge in [0.25, 0.3) is 0 Å². The molecule has 4 aliphatic rings. The van der Waals surface area contributed by atoms with E-state index >= 15 is 0 Å². The molecule has 4 saturated carbocycles. The van der Waals surface area contributed by atoms with Gasteiger partial charge in [0.1, 0.15) is 0 Å². The Balaban J connectivity index is 1.68. The van der Waals surface area contributed by atoms with Crippen molar-refractivity contribution in [1.29, 1.82) is 0 Å². The van der Waals surface area contributed by atoms with Crippen LogP contribution >= 0.6 is 0 Å². The topological polar surface area (TPSA) is 57.6 Å². The summed E-state index contributed by atoms with van der Waals surface area (Å²) in [5, 5.41) is 8.73. The molecule has 1 amide bonds. The highest BCUT2D eigenvalue weighted by molar-refractivity contribution is 5.83. The molecule has 0 aromatic carbocycles. The maximum atomic E-state index is 13.0. The van der Waals surface area contributed by atoms with Crippen LogP contribution in [0.1, 0.15) is 58.3 Å². The van der Waals surface area contributed by atoms with E-state index in [-0.39, 0.29) is 17.7 Å². The summed E-state index contributed by atoms with van der Waals surface area (Å²) in [4.78, 5) is 25.4. The summed E-state index contributed by atoms with van der Waals surface area (Å²) in [5.74, 6) is 0.992. The molecule has 4 nitrogen and oxygen atoms in total. The van der Waals surface area contributed by atoms with Gasteiger partial charge in [-0.25, -0.2) is 0 Å². The Morgan fingerprint density at radius 3 is 2.33 bits per heavy atom. The number of carboxylic acid groups (broad SMARTS) is 1. The van der Waals surface area contributed by atoms with Crippen LogP contribution in [0.15, 0.2) is 0 Å². The summed E-state index contributed by atoms with van der Waals surface area (Å²) >= 11 is 0. The number of rotatable bonds is 5. The number of aliphatic carboxylic acids is 1. The Kier molecular flexibility index (Phi) is 3.53. The Labute approximate surface area is 126 Å². The van der Waals surface area contributed by atoms with Crippen molar-refractivity contribution >= 4 is 11.9 Å². The number of amides is 1. The molecular weight excluding hydrogens is 266 g/mol. The molecule has 4 heteroatoms. The molecule has 1 N–H and O–H groups in total. The van der Waals surface area contributed by atoms with Gasteiger partial charge in [0.05, 0.1) is 5.41 Å². The molecule has 0 heterocycles. The van der Waals surface area contributed by atoms with Gasteiger partial charge in [-0.05, 0) is 62.2 Å². The molecule has 4 aliphatic carbocycles. The maximum absolute atomic E-state index is 13.0. The first-order chi connectivity index (χ1) is 9.82. The monoisotopic (exact) mass is 293 g/mol. The van der Waals surface area contributed by atoms with Crippen LogP contribution in [0.5, 0.6) is 0 Å². The second-order valence-electron chi connectivity index (χ2n) is 8.28. The number of nitrogens with zero attached hydrogens (tertiary/aromatic N) is 1. The Bertz CT molecular complexity index is 445. The van der Waals surface area contributed by atoms with Gasteiger partial charge in [0.15, 0.2) is 0 Å². The van der Waals surface area contributed by atoms with Crippen molar-refractivity contribution in [2.45, 2.75) is 58.3 Å². The molecule has 21 heavy (non-hydrogen) atoms. The van der Waals surface area contributed by atoms with Gasteiger partial charge in [-0.2, -0.15) is 0 Å². The molecule has 2 unspecified atom stereocenters. The third kappa shape index (κ3) is 2.69. The molecule has 0 radical (unpaired) electrons. The molecule has 0 aromatic rings. The van der Waals surface area contributed by atoms with Crippen LogP contribution < -0.4 is 0 Å². The molecule has 0 aromatic heterocycles. The quantitative estimate of drug-likeness (QED) is 0.848. The second-order valence-corrected chi connectivity index (χ2v) is 8.28. The first-order valence-corrected chi connectivity index (χ1v) is 8.29. The van der Waals surface area contributed by atoms with E-state index in [1.807, 2.05) is 7.05 Å². The van der Waals surface area contributed by atoms with E-state index in [1.54, 1.807) is 4.90 Å². The average Bonchev–Trinajstić information content (AvgIpc) is 2.34. The Morgan fingerprint density at radius 1 is 1.19 bits per heavy atom. The van der Waals surface area contributed by atoms with Crippen molar-refractivity contribution in [3.8, 4) is 0 Å². The molecule has 0 spiro atoms. The fourth-order valence-corrected chi connectivity index (χ4v) is 5.94. The zero-order valence-corrected chi connectivity index (χ0v) is 13.2.